The standard InChI is InChI=1S/C21H21F6NO2/c22-20(23,24)16-4-1-3-15(9-16)13-30-18-6-2-5-17(10-18)28(11-14-7-8-14)12-19(29)21(25,26)27/h1-6,9-10,14,19,29H,7-8,11-13H2. The van der Waals surface area contributed by atoms with Gasteiger partial charge < -0.3 is 14.7 Å². The zero-order chi connectivity index (χ0) is 21.9. The summed E-state index contributed by atoms with van der Waals surface area (Å²) in [5.41, 5.74) is -0.0154. The summed E-state index contributed by atoms with van der Waals surface area (Å²) >= 11 is 0. The number of ether oxygens (including phenoxy) is 1. The van der Waals surface area contributed by atoms with Gasteiger partial charge in [-0.1, -0.05) is 18.2 Å². The third kappa shape index (κ3) is 6.29. The molecule has 9 heteroatoms. The van der Waals surface area contributed by atoms with Gasteiger partial charge >= 0.3 is 12.4 Å². The maximum atomic E-state index is 12.8. The van der Waals surface area contributed by atoms with Crippen molar-refractivity contribution in [3.8, 4) is 5.75 Å². The molecule has 0 radical (unpaired) electrons. The normalized spacial score (nSPS) is 15.7. The van der Waals surface area contributed by atoms with Crippen molar-refractivity contribution in [3.05, 3.63) is 59.7 Å². The van der Waals surface area contributed by atoms with Crippen LogP contribution in [0.15, 0.2) is 48.5 Å². The lowest BCUT2D eigenvalue weighted by atomic mass is 10.1. The van der Waals surface area contributed by atoms with Gasteiger partial charge in [-0.2, -0.15) is 26.3 Å². The smallest absolute Gasteiger partial charge is 0.416 e. The lowest BCUT2D eigenvalue weighted by Gasteiger charge is -2.28. The van der Waals surface area contributed by atoms with Crippen LogP contribution in [0, 0.1) is 5.92 Å². The Labute approximate surface area is 169 Å². The van der Waals surface area contributed by atoms with E-state index in [0.717, 1.165) is 25.0 Å². The van der Waals surface area contributed by atoms with Gasteiger partial charge in [0, 0.05) is 18.3 Å². The highest BCUT2D eigenvalue weighted by Crippen LogP contribution is 2.34. The van der Waals surface area contributed by atoms with E-state index < -0.39 is 30.6 Å². The van der Waals surface area contributed by atoms with Crippen molar-refractivity contribution >= 4 is 5.69 Å². The Morgan fingerprint density at radius 2 is 1.70 bits per heavy atom. The maximum Gasteiger partial charge on any atom is 0.416 e. The number of alkyl halides is 6. The van der Waals surface area contributed by atoms with Crippen LogP contribution in [-0.4, -0.2) is 30.5 Å². The SMILES string of the molecule is OC(CN(CC1CC1)c1cccc(OCc2cccc(C(F)(F)F)c2)c1)C(F)(F)F. The molecule has 1 atom stereocenters. The lowest BCUT2D eigenvalue weighted by molar-refractivity contribution is -0.200. The molecule has 30 heavy (non-hydrogen) atoms. The maximum absolute atomic E-state index is 12.8. The minimum atomic E-state index is -4.72. The van der Waals surface area contributed by atoms with Crippen LogP contribution in [0.4, 0.5) is 32.0 Å². The fourth-order valence-corrected chi connectivity index (χ4v) is 2.98. The number of aliphatic hydroxyl groups excluding tert-OH is 1. The van der Waals surface area contributed by atoms with Crippen molar-refractivity contribution < 1.29 is 36.2 Å². The summed E-state index contributed by atoms with van der Waals surface area (Å²) in [5, 5.41) is 9.47. The zero-order valence-electron chi connectivity index (χ0n) is 15.9. The van der Waals surface area contributed by atoms with Crippen LogP contribution >= 0.6 is 0 Å². The molecule has 0 bridgehead atoms. The summed E-state index contributed by atoms with van der Waals surface area (Å²) in [6.07, 6.45) is -9.82. The minimum Gasteiger partial charge on any atom is -0.489 e. The predicted octanol–water partition coefficient (Wildman–Crippen LogP) is 5.42. The molecular weight excluding hydrogens is 412 g/mol. The summed E-state index contributed by atoms with van der Waals surface area (Å²) in [6.45, 7) is -0.345. The molecule has 1 unspecified atom stereocenters. The van der Waals surface area contributed by atoms with Crippen molar-refractivity contribution in [1.29, 1.82) is 0 Å². The van der Waals surface area contributed by atoms with Crippen molar-refractivity contribution in [2.24, 2.45) is 5.92 Å². The molecule has 1 aliphatic rings. The van der Waals surface area contributed by atoms with E-state index in [0.29, 0.717) is 23.5 Å². The van der Waals surface area contributed by atoms with Gasteiger partial charge in [-0.15, -0.1) is 0 Å². The van der Waals surface area contributed by atoms with Gasteiger partial charge in [-0.05, 0) is 48.6 Å². The van der Waals surface area contributed by atoms with E-state index in [1.54, 1.807) is 18.2 Å². The fourth-order valence-electron chi connectivity index (χ4n) is 2.98. The second kappa shape index (κ2) is 8.75. The molecule has 1 aliphatic carbocycles. The van der Waals surface area contributed by atoms with Crippen LogP contribution in [0.1, 0.15) is 24.0 Å². The third-order valence-corrected chi connectivity index (χ3v) is 4.79. The highest BCUT2D eigenvalue weighted by atomic mass is 19.4. The van der Waals surface area contributed by atoms with E-state index in [2.05, 4.69) is 0 Å². The molecule has 0 amide bonds. The van der Waals surface area contributed by atoms with Crippen LogP contribution in [0.3, 0.4) is 0 Å². The Balaban J connectivity index is 1.70. The molecule has 1 N–H and O–H groups in total. The molecule has 1 fully saturated rings. The van der Waals surface area contributed by atoms with E-state index in [9.17, 15) is 31.4 Å². The van der Waals surface area contributed by atoms with E-state index in [4.69, 9.17) is 4.74 Å². The first-order chi connectivity index (χ1) is 14.0. The number of rotatable bonds is 8. The van der Waals surface area contributed by atoms with Crippen LogP contribution in [0.2, 0.25) is 0 Å². The molecular formula is C21H21F6NO2. The molecule has 3 nitrogen and oxygen atoms in total. The number of benzene rings is 2. The molecule has 164 valence electrons. The number of anilines is 1. The Morgan fingerprint density at radius 3 is 2.33 bits per heavy atom. The van der Waals surface area contributed by atoms with Crippen LogP contribution < -0.4 is 9.64 Å². The topological polar surface area (TPSA) is 32.7 Å². The number of nitrogens with zero attached hydrogens (tertiary/aromatic N) is 1. The van der Waals surface area contributed by atoms with Crippen LogP contribution in [0.25, 0.3) is 0 Å². The quantitative estimate of drug-likeness (QED) is 0.564. The Bertz CT molecular complexity index is 848. The van der Waals surface area contributed by atoms with Crippen LogP contribution in [-0.2, 0) is 12.8 Å². The predicted molar refractivity (Wildman–Crippen MR) is 99.2 cm³/mol. The first-order valence-electron chi connectivity index (χ1n) is 9.41. The average Bonchev–Trinajstić information content (AvgIpc) is 3.49. The minimum absolute atomic E-state index is 0.124. The molecule has 0 aliphatic heterocycles. The van der Waals surface area contributed by atoms with Gasteiger partial charge in [0.1, 0.15) is 12.4 Å². The van der Waals surface area contributed by atoms with Gasteiger partial charge in [0.05, 0.1) is 12.1 Å². The highest BCUT2D eigenvalue weighted by Gasteiger charge is 2.40. The van der Waals surface area contributed by atoms with Gasteiger partial charge in [-0.25, -0.2) is 0 Å². The van der Waals surface area contributed by atoms with Crippen molar-refractivity contribution in [1.82, 2.24) is 0 Å². The fraction of sp³-hybridized carbons (Fsp3) is 0.429. The Hall–Kier alpha value is -2.42. The second-order valence-electron chi connectivity index (χ2n) is 7.39. The molecule has 2 aromatic rings. The van der Waals surface area contributed by atoms with Gasteiger partial charge in [0.25, 0.3) is 0 Å². The van der Waals surface area contributed by atoms with E-state index in [1.807, 2.05) is 0 Å². The summed E-state index contributed by atoms with van der Waals surface area (Å²) in [4.78, 5) is 1.47. The van der Waals surface area contributed by atoms with E-state index >= 15 is 0 Å². The lowest BCUT2D eigenvalue weighted by Crippen LogP contribution is -2.42. The number of hydrogen-bond donors (Lipinski definition) is 1. The average molecular weight is 433 g/mol. The second-order valence-corrected chi connectivity index (χ2v) is 7.39. The number of halogens is 6. The molecule has 0 saturated heterocycles. The highest BCUT2D eigenvalue weighted by molar-refractivity contribution is 5.51. The summed E-state index contributed by atoms with van der Waals surface area (Å²) in [7, 11) is 0. The molecule has 2 aromatic carbocycles. The summed E-state index contributed by atoms with van der Waals surface area (Å²) in [5.74, 6) is 0.590. The molecule has 0 heterocycles. The van der Waals surface area contributed by atoms with Gasteiger partial charge in [0.15, 0.2) is 6.10 Å². The molecule has 0 aromatic heterocycles. The van der Waals surface area contributed by atoms with Crippen molar-refractivity contribution in [3.63, 3.8) is 0 Å². The monoisotopic (exact) mass is 433 g/mol. The first-order valence-corrected chi connectivity index (χ1v) is 9.41. The Kier molecular flexibility index (Phi) is 6.50. The summed E-state index contributed by atoms with van der Waals surface area (Å²) in [6, 6.07) is 11.0. The van der Waals surface area contributed by atoms with Crippen molar-refractivity contribution in [2.75, 3.05) is 18.0 Å². The molecule has 0 spiro atoms. The third-order valence-electron chi connectivity index (χ3n) is 4.79. The van der Waals surface area contributed by atoms with E-state index in [-0.39, 0.29) is 12.5 Å². The molecule has 3 rings (SSSR count). The van der Waals surface area contributed by atoms with Gasteiger partial charge in [-0.3, -0.25) is 0 Å². The first kappa shape index (κ1) is 22.3. The van der Waals surface area contributed by atoms with E-state index in [1.165, 1.54) is 23.1 Å². The van der Waals surface area contributed by atoms with Gasteiger partial charge in [0.2, 0.25) is 0 Å². The zero-order valence-corrected chi connectivity index (χ0v) is 15.9. The van der Waals surface area contributed by atoms with Crippen LogP contribution in [0.5, 0.6) is 5.75 Å². The number of aliphatic hydroxyl groups is 1. The number of hydrogen-bond acceptors (Lipinski definition) is 3. The summed E-state index contributed by atoms with van der Waals surface area (Å²) < 4.78 is 82.4. The molecule has 1 saturated carbocycles. The Morgan fingerprint density at radius 1 is 1.00 bits per heavy atom. The largest absolute Gasteiger partial charge is 0.489 e. The van der Waals surface area contributed by atoms with Crippen molar-refractivity contribution in [2.45, 2.75) is 37.9 Å².